The van der Waals surface area contributed by atoms with Crippen LogP contribution in [0, 0.1) is 17.1 Å². The molecule has 0 bridgehead atoms. The molecule has 88 valence electrons. The van der Waals surface area contributed by atoms with Gasteiger partial charge in [-0.05, 0) is 24.6 Å². The topological polar surface area (TPSA) is 56.1 Å². The lowest BCUT2D eigenvalue weighted by atomic mass is 10.2. The van der Waals surface area contributed by atoms with Crippen LogP contribution in [0.25, 0.3) is 0 Å². The minimum atomic E-state index is -0.459. The molecule has 5 heteroatoms. The van der Waals surface area contributed by atoms with Crippen molar-refractivity contribution >= 4 is 11.6 Å². The maximum absolute atomic E-state index is 13.8. The summed E-state index contributed by atoms with van der Waals surface area (Å²) in [5, 5.41) is 11.4. The molecule has 1 N–H and O–H groups in total. The summed E-state index contributed by atoms with van der Waals surface area (Å²) in [5.74, 6) is -0.565. The Balaban J connectivity index is 2.27. The van der Waals surface area contributed by atoms with E-state index >= 15 is 0 Å². The van der Waals surface area contributed by atoms with E-state index in [1.807, 2.05) is 6.07 Å². The highest BCUT2D eigenvalue weighted by molar-refractivity contribution is 5.81. The molecule has 1 amide bonds. The summed E-state index contributed by atoms with van der Waals surface area (Å²) in [4.78, 5) is 13.1. The first-order valence-electron chi connectivity index (χ1n) is 5.42. The number of carbonyl (C=O) groups is 1. The zero-order valence-electron chi connectivity index (χ0n) is 9.24. The Bertz CT molecular complexity index is 481. The maximum Gasteiger partial charge on any atom is 0.239 e. The average Bonchev–Trinajstić information content (AvgIpc) is 2.53. The molecular formula is C12H12FN3O. The molecule has 0 aliphatic carbocycles. The van der Waals surface area contributed by atoms with Gasteiger partial charge in [0.05, 0.1) is 23.9 Å². The zero-order chi connectivity index (χ0) is 12.3. The third-order valence-corrected chi connectivity index (χ3v) is 2.68. The predicted molar refractivity (Wildman–Crippen MR) is 61.0 cm³/mol. The van der Waals surface area contributed by atoms with Crippen LogP contribution in [0.5, 0.6) is 0 Å². The fourth-order valence-corrected chi connectivity index (χ4v) is 1.84. The maximum atomic E-state index is 13.8. The van der Waals surface area contributed by atoms with Gasteiger partial charge in [-0.25, -0.2) is 4.39 Å². The van der Waals surface area contributed by atoms with Crippen LogP contribution >= 0.6 is 0 Å². The normalized spacial score (nSPS) is 16.0. The summed E-state index contributed by atoms with van der Waals surface area (Å²) in [7, 11) is 0. The molecule has 1 heterocycles. The van der Waals surface area contributed by atoms with E-state index in [-0.39, 0.29) is 18.0 Å². The van der Waals surface area contributed by atoms with Gasteiger partial charge in [0, 0.05) is 13.1 Å². The molecular weight excluding hydrogens is 221 g/mol. The number of halogens is 1. The van der Waals surface area contributed by atoms with Crippen LogP contribution in [0.3, 0.4) is 0 Å². The first kappa shape index (κ1) is 11.4. The third-order valence-electron chi connectivity index (χ3n) is 2.68. The lowest BCUT2D eigenvalue weighted by molar-refractivity contribution is -0.119. The van der Waals surface area contributed by atoms with E-state index in [0.717, 1.165) is 6.42 Å². The second-order valence-corrected chi connectivity index (χ2v) is 3.90. The van der Waals surface area contributed by atoms with Crippen LogP contribution < -0.4 is 10.2 Å². The molecule has 1 aromatic carbocycles. The lowest BCUT2D eigenvalue weighted by Crippen LogP contribution is -2.33. The molecule has 2 rings (SSSR count). The van der Waals surface area contributed by atoms with Gasteiger partial charge < -0.3 is 10.2 Å². The van der Waals surface area contributed by atoms with E-state index in [1.54, 1.807) is 17.0 Å². The van der Waals surface area contributed by atoms with E-state index in [4.69, 9.17) is 5.26 Å². The average molecular weight is 233 g/mol. The van der Waals surface area contributed by atoms with Gasteiger partial charge in [-0.1, -0.05) is 0 Å². The molecule has 1 aliphatic heterocycles. The lowest BCUT2D eigenvalue weighted by Gasteiger charge is -2.21. The standard InChI is InChI=1S/C12H12FN3O/c13-10-6-9(7-14)2-3-11(10)16-5-1-4-15-12(17)8-16/h2-3,6H,1,4-5,8H2,(H,15,17). The van der Waals surface area contributed by atoms with E-state index in [9.17, 15) is 9.18 Å². The SMILES string of the molecule is N#Cc1ccc(N2CCCNC(=O)C2)c(F)c1. The van der Waals surface area contributed by atoms with Crippen LogP contribution in [-0.2, 0) is 4.79 Å². The molecule has 0 aromatic heterocycles. The number of anilines is 1. The highest BCUT2D eigenvalue weighted by Crippen LogP contribution is 2.21. The Hall–Kier alpha value is -2.09. The number of hydrogen-bond acceptors (Lipinski definition) is 3. The van der Waals surface area contributed by atoms with Crippen molar-refractivity contribution in [1.82, 2.24) is 5.32 Å². The molecule has 4 nitrogen and oxygen atoms in total. The molecule has 1 aromatic rings. The van der Waals surface area contributed by atoms with E-state index < -0.39 is 5.82 Å². The Labute approximate surface area is 98.6 Å². The van der Waals surface area contributed by atoms with Crippen LogP contribution in [0.1, 0.15) is 12.0 Å². The number of carbonyl (C=O) groups excluding carboxylic acids is 1. The van der Waals surface area contributed by atoms with Crippen molar-refractivity contribution in [2.24, 2.45) is 0 Å². The monoisotopic (exact) mass is 233 g/mol. The van der Waals surface area contributed by atoms with Gasteiger partial charge in [0.2, 0.25) is 5.91 Å². The van der Waals surface area contributed by atoms with E-state index in [2.05, 4.69) is 5.32 Å². The molecule has 1 aliphatic rings. The first-order valence-corrected chi connectivity index (χ1v) is 5.42. The fraction of sp³-hybridized carbons (Fsp3) is 0.333. The third kappa shape index (κ3) is 2.53. The summed E-state index contributed by atoms with van der Waals surface area (Å²) < 4.78 is 13.8. The van der Waals surface area contributed by atoms with Gasteiger partial charge in [-0.2, -0.15) is 5.26 Å². The van der Waals surface area contributed by atoms with Crippen LogP contribution in [0.15, 0.2) is 18.2 Å². The van der Waals surface area contributed by atoms with E-state index in [0.29, 0.717) is 18.8 Å². The van der Waals surface area contributed by atoms with Crippen molar-refractivity contribution in [3.8, 4) is 6.07 Å². The van der Waals surface area contributed by atoms with Crippen molar-refractivity contribution in [3.05, 3.63) is 29.6 Å². The number of nitriles is 1. The van der Waals surface area contributed by atoms with Crippen molar-refractivity contribution < 1.29 is 9.18 Å². The van der Waals surface area contributed by atoms with Gasteiger partial charge in [-0.3, -0.25) is 4.79 Å². The minimum Gasteiger partial charge on any atom is -0.360 e. The molecule has 0 spiro atoms. The van der Waals surface area contributed by atoms with Crippen LogP contribution in [0.4, 0.5) is 10.1 Å². The summed E-state index contributed by atoms with van der Waals surface area (Å²) in [6.45, 7) is 1.40. The highest BCUT2D eigenvalue weighted by atomic mass is 19.1. The van der Waals surface area contributed by atoms with Gasteiger partial charge in [0.1, 0.15) is 5.82 Å². The van der Waals surface area contributed by atoms with Gasteiger partial charge in [-0.15, -0.1) is 0 Å². The number of rotatable bonds is 1. The molecule has 1 fully saturated rings. The molecule has 0 radical (unpaired) electrons. The molecule has 0 saturated carbocycles. The van der Waals surface area contributed by atoms with Crippen molar-refractivity contribution in [2.45, 2.75) is 6.42 Å². The van der Waals surface area contributed by atoms with Crippen LogP contribution in [-0.4, -0.2) is 25.5 Å². The summed E-state index contributed by atoms with van der Waals surface area (Å²) in [5.41, 5.74) is 0.659. The van der Waals surface area contributed by atoms with Crippen molar-refractivity contribution in [3.63, 3.8) is 0 Å². The Morgan fingerprint density at radius 2 is 2.29 bits per heavy atom. The second-order valence-electron chi connectivity index (χ2n) is 3.90. The number of nitrogens with zero attached hydrogens (tertiary/aromatic N) is 2. The van der Waals surface area contributed by atoms with Gasteiger partial charge in [0.15, 0.2) is 0 Å². The summed E-state index contributed by atoms with van der Waals surface area (Å²) in [6, 6.07) is 6.18. The van der Waals surface area contributed by atoms with Gasteiger partial charge in [0.25, 0.3) is 0 Å². The predicted octanol–water partition coefficient (Wildman–Crippen LogP) is 1.02. The Morgan fingerprint density at radius 1 is 1.47 bits per heavy atom. The van der Waals surface area contributed by atoms with Gasteiger partial charge >= 0.3 is 0 Å². The number of benzene rings is 1. The number of hydrogen-bond donors (Lipinski definition) is 1. The second kappa shape index (κ2) is 4.83. The molecule has 1 saturated heterocycles. The molecule has 17 heavy (non-hydrogen) atoms. The Kier molecular flexibility index (Phi) is 3.24. The Morgan fingerprint density at radius 3 is 3.00 bits per heavy atom. The minimum absolute atomic E-state index is 0.105. The number of amides is 1. The first-order chi connectivity index (χ1) is 8.20. The summed E-state index contributed by atoms with van der Waals surface area (Å²) >= 11 is 0. The van der Waals surface area contributed by atoms with Crippen molar-refractivity contribution in [1.29, 1.82) is 5.26 Å². The quantitative estimate of drug-likeness (QED) is 0.788. The fourth-order valence-electron chi connectivity index (χ4n) is 1.84. The van der Waals surface area contributed by atoms with Crippen molar-refractivity contribution in [2.75, 3.05) is 24.5 Å². The smallest absolute Gasteiger partial charge is 0.239 e. The highest BCUT2D eigenvalue weighted by Gasteiger charge is 2.17. The largest absolute Gasteiger partial charge is 0.360 e. The van der Waals surface area contributed by atoms with E-state index in [1.165, 1.54) is 6.07 Å². The zero-order valence-corrected chi connectivity index (χ0v) is 9.24. The summed E-state index contributed by atoms with van der Waals surface area (Å²) in [6.07, 6.45) is 0.783. The van der Waals surface area contributed by atoms with Crippen LogP contribution in [0.2, 0.25) is 0 Å². The molecule has 0 unspecified atom stereocenters. The number of nitrogens with one attached hydrogen (secondary N) is 1. The molecule has 0 atom stereocenters.